The maximum absolute atomic E-state index is 5.85. The van der Waals surface area contributed by atoms with Gasteiger partial charge in [0.25, 0.3) is 0 Å². The van der Waals surface area contributed by atoms with Gasteiger partial charge in [0.1, 0.15) is 5.75 Å². The maximum Gasteiger partial charge on any atom is 0.122 e. The van der Waals surface area contributed by atoms with E-state index in [9.17, 15) is 0 Å². The molecule has 0 aromatic heterocycles. The van der Waals surface area contributed by atoms with Crippen molar-refractivity contribution in [1.82, 2.24) is 5.32 Å². The summed E-state index contributed by atoms with van der Waals surface area (Å²) in [5, 5.41) is 3.55. The second-order valence-electron chi connectivity index (χ2n) is 5.05. The van der Waals surface area contributed by atoms with E-state index in [4.69, 9.17) is 4.74 Å². The molecule has 0 bridgehead atoms. The average Bonchev–Trinajstić information content (AvgIpc) is 2.33. The third-order valence-electron chi connectivity index (χ3n) is 3.47. The molecule has 1 saturated heterocycles. The molecule has 102 valence electrons. The molecule has 1 aliphatic rings. The molecule has 0 saturated carbocycles. The number of piperidine rings is 1. The van der Waals surface area contributed by atoms with E-state index in [1.807, 2.05) is 0 Å². The summed E-state index contributed by atoms with van der Waals surface area (Å²) in [6, 6.07) is 7.03. The molecule has 1 heterocycles. The van der Waals surface area contributed by atoms with Crippen LogP contribution in [0.15, 0.2) is 18.2 Å². The van der Waals surface area contributed by atoms with E-state index in [2.05, 4.69) is 37.4 Å². The standard InChI is InChI=1S/C15H23NO.ClH/c1-12-6-7-15(13(2)11-12)17-10-8-14-5-3-4-9-16-14;/h6-7,11,14,16H,3-5,8-10H2,1-2H3;1H. The van der Waals surface area contributed by atoms with Gasteiger partial charge in [-0.2, -0.15) is 0 Å². The lowest BCUT2D eigenvalue weighted by atomic mass is 10.0. The van der Waals surface area contributed by atoms with Crippen LogP contribution in [-0.4, -0.2) is 19.2 Å². The van der Waals surface area contributed by atoms with Crippen LogP contribution in [0, 0.1) is 13.8 Å². The van der Waals surface area contributed by atoms with E-state index in [0.29, 0.717) is 6.04 Å². The maximum atomic E-state index is 5.85. The minimum Gasteiger partial charge on any atom is -0.493 e. The lowest BCUT2D eigenvalue weighted by molar-refractivity contribution is 0.267. The molecule has 1 aliphatic heterocycles. The van der Waals surface area contributed by atoms with Crippen molar-refractivity contribution in [3.8, 4) is 5.75 Å². The first-order valence-corrected chi connectivity index (χ1v) is 6.69. The smallest absolute Gasteiger partial charge is 0.122 e. The quantitative estimate of drug-likeness (QED) is 0.901. The zero-order chi connectivity index (χ0) is 12.1. The van der Waals surface area contributed by atoms with E-state index in [-0.39, 0.29) is 12.4 Å². The first kappa shape index (κ1) is 15.3. The van der Waals surface area contributed by atoms with Gasteiger partial charge in [-0.05, 0) is 51.3 Å². The number of hydrogen-bond donors (Lipinski definition) is 1. The third kappa shape index (κ3) is 4.51. The Kier molecular flexibility index (Phi) is 6.51. The minimum absolute atomic E-state index is 0. The predicted octanol–water partition coefficient (Wildman–Crippen LogP) is 3.64. The second-order valence-corrected chi connectivity index (χ2v) is 5.05. The Hall–Kier alpha value is -0.730. The molecule has 3 heteroatoms. The summed E-state index contributed by atoms with van der Waals surface area (Å²) >= 11 is 0. The van der Waals surface area contributed by atoms with Crippen LogP contribution in [0.25, 0.3) is 0 Å². The number of benzene rings is 1. The molecule has 1 unspecified atom stereocenters. The molecule has 1 atom stereocenters. The van der Waals surface area contributed by atoms with E-state index in [0.717, 1.165) is 18.8 Å². The molecule has 1 fully saturated rings. The van der Waals surface area contributed by atoms with Gasteiger partial charge in [0, 0.05) is 6.04 Å². The molecular weight excluding hydrogens is 246 g/mol. The van der Waals surface area contributed by atoms with Crippen LogP contribution in [0.4, 0.5) is 0 Å². The lowest BCUT2D eigenvalue weighted by Gasteiger charge is -2.23. The van der Waals surface area contributed by atoms with Gasteiger partial charge in [0.05, 0.1) is 6.61 Å². The van der Waals surface area contributed by atoms with Crippen LogP contribution in [-0.2, 0) is 0 Å². The number of hydrogen-bond acceptors (Lipinski definition) is 2. The highest BCUT2D eigenvalue weighted by atomic mass is 35.5. The predicted molar refractivity (Wildman–Crippen MR) is 78.9 cm³/mol. The van der Waals surface area contributed by atoms with Gasteiger partial charge in [-0.3, -0.25) is 0 Å². The first-order valence-electron chi connectivity index (χ1n) is 6.69. The van der Waals surface area contributed by atoms with Crippen LogP contribution >= 0.6 is 12.4 Å². The van der Waals surface area contributed by atoms with Gasteiger partial charge in [0.15, 0.2) is 0 Å². The largest absolute Gasteiger partial charge is 0.493 e. The summed E-state index contributed by atoms with van der Waals surface area (Å²) in [4.78, 5) is 0. The fraction of sp³-hybridized carbons (Fsp3) is 0.600. The zero-order valence-corrected chi connectivity index (χ0v) is 12.2. The Balaban J connectivity index is 0.00000162. The average molecular weight is 270 g/mol. The second kappa shape index (κ2) is 7.65. The van der Waals surface area contributed by atoms with Crippen molar-refractivity contribution < 1.29 is 4.74 Å². The molecular formula is C15H24ClNO. The number of halogens is 1. The van der Waals surface area contributed by atoms with E-state index < -0.39 is 0 Å². The normalized spacial score (nSPS) is 19.1. The van der Waals surface area contributed by atoms with Crippen molar-refractivity contribution in [3.05, 3.63) is 29.3 Å². The number of aryl methyl sites for hydroxylation is 2. The molecule has 2 rings (SSSR count). The van der Waals surface area contributed by atoms with E-state index >= 15 is 0 Å². The van der Waals surface area contributed by atoms with Crippen molar-refractivity contribution in [2.24, 2.45) is 0 Å². The Labute approximate surface area is 117 Å². The van der Waals surface area contributed by atoms with Crippen LogP contribution in [0.3, 0.4) is 0 Å². The van der Waals surface area contributed by atoms with Gasteiger partial charge in [-0.25, -0.2) is 0 Å². The van der Waals surface area contributed by atoms with Gasteiger partial charge in [0.2, 0.25) is 0 Å². The van der Waals surface area contributed by atoms with Gasteiger partial charge < -0.3 is 10.1 Å². The monoisotopic (exact) mass is 269 g/mol. The molecule has 0 radical (unpaired) electrons. The van der Waals surface area contributed by atoms with E-state index in [1.54, 1.807) is 0 Å². The Bertz CT molecular complexity index is 362. The molecule has 0 spiro atoms. The Morgan fingerprint density at radius 3 is 2.78 bits per heavy atom. The summed E-state index contributed by atoms with van der Waals surface area (Å²) in [6.45, 7) is 6.22. The van der Waals surface area contributed by atoms with Crippen LogP contribution < -0.4 is 10.1 Å². The highest BCUT2D eigenvalue weighted by Gasteiger charge is 2.12. The molecule has 1 N–H and O–H groups in total. The van der Waals surface area contributed by atoms with E-state index in [1.165, 1.54) is 36.9 Å². The molecule has 18 heavy (non-hydrogen) atoms. The lowest BCUT2D eigenvalue weighted by Crippen LogP contribution is -2.35. The summed E-state index contributed by atoms with van der Waals surface area (Å²) in [5.41, 5.74) is 2.53. The minimum atomic E-state index is 0. The topological polar surface area (TPSA) is 21.3 Å². The number of nitrogens with one attached hydrogen (secondary N) is 1. The van der Waals surface area contributed by atoms with Gasteiger partial charge in [-0.15, -0.1) is 12.4 Å². The molecule has 2 nitrogen and oxygen atoms in total. The molecule has 0 amide bonds. The SMILES string of the molecule is Cc1ccc(OCCC2CCCCN2)c(C)c1.Cl. The van der Waals surface area contributed by atoms with Gasteiger partial charge in [-0.1, -0.05) is 24.1 Å². The van der Waals surface area contributed by atoms with Crippen molar-refractivity contribution in [1.29, 1.82) is 0 Å². The summed E-state index contributed by atoms with van der Waals surface area (Å²) in [6.07, 6.45) is 5.11. The first-order chi connectivity index (χ1) is 8.25. The van der Waals surface area contributed by atoms with Crippen LogP contribution in [0.2, 0.25) is 0 Å². The van der Waals surface area contributed by atoms with Crippen molar-refractivity contribution in [2.75, 3.05) is 13.2 Å². The highest BCUT2D eigenvalue weighted by molar-refractivity contribution is 5.85. The summed E-state index contributed by atoms with van der Waals surface area (Å²) in [7, 11) is 0. The van der Waals surface area contributed by atoms with Crippen molar-refractivity contribution >= 4 is 12.4 Å². The molecule has 1 aromatic carbocycles. The van der Waals surface area contributed by atoms with Crippen LogP contribution in [0.1, 0.15) is 36.8 Å². The highest BCUT2D eigenvalue weighted by Crippen LogP contribution is 2.19. The number of rotatable bonds is 4. The fourth-order valence-corrected chi connectivity index (χ4v) is 2.44. The summed E-state index contributed by atoms with van der Waals surface area (Å²) < 4.78 is 5.85. The van der Waals surface area contributed by atoms with Crippen molar-refractivity contribution in [3.63, 3.8) is 0 Å². The third-order valence-corrected chi connectivity index (χ3v) is 3.47. The molecule has 1 aromatic rings. The van der Waals surface area contributed by atoms with Crippen molar-refractivity contribution in [2.45, 2.75) is 45.6 Å². The molecule has 0 aliphatic carbocycles. The van der Waals surface area contributed by atoms with Crippen LogP contribution in [0.5, 0.6) is 5.75 Å². The Morgan fingerprint density at radius 2 is 2.11 bits per heavy atom. The fourth-order valence-electron chi connectivity index (χ4n) is 2.44. The number of ether oxygens (including phenoxy) is 1. The van der Waals surface area contributed by atoms with Gasteiger partial charge >= 0.3 is 0 Å². The summed E-state index contributed by atoms with van der Waals surface area (Å²) in [5.74, 6) is 1.03. The Morgan fingerprint density at radius 1 is 1.28 bits per heavy atom. The zero-order valence-electron chi connectivity index (χ0n) is 11.4.